The Morgan fingerprint density at radius 2 is 1.94 bits per heavy atom. The molecule has 0 aliphatic carbocycles. The van der Waals surface area contributed by atoms with Crippen LogP contribution in [0.15, 0.2) is 18.2 Å². The first-order chi connectivity index (χ1) is 8.77. The van der Waals surface area contributed by atoms with E-state index in [4.69, 9.17) is 9.47 Å². The second-order valence-electron chi connectivity index (χ2n) is 4.44. The molecule has 3 nitrogen and oxygen atoms in total. The third kappa shape index (κ3) is 5.52. The summed E-state index contributed by atoms with van der Waals surface area (Å²) in [6, 6.07) is 6.35. The van der Waals surface area contributed by atoms with Crippen LogP contribution in [0.25, 0.3) is 0 Å². The second-order valence-corrected chi connectivity index (χ2v) is 4.44. The third-order valence-electron chi connectivity index (χ3n) is 2.78. The maximum atomic E-state index is 5.84. The lowest BCUT2D eigenvalue weighted by molar-refractivity contribution is 0.184. The highest BCUT2D eigenvalue weighted by Crippen LogP contribution is 2.20. The topological polar surface area (TPSA) is 30.5 Å². The Balaban J connectivity index is 2.47. The van der Waals surface area contributed by atoms with Crippen molar-refractivity contribution < 1.29 is 9.47 Å². The molecule has 0 atom stereocenters. The quantitative estimate of drug-likeness (QED) is 0.685. The largest absolute Gasteiger partial charge is 0.493 e. The van der Waals surface area contributed by atoms with Gasteiger partial charge in [0.25, 0.3) is 0 Å². The molecule has 0 spiro atoms. The Kier molecular flexibility index (Phi) is 7.46. The van der Waals surface area contributed by atoms with Crippen LogP contribution in [-0.2, 0) is 11.3 Å². The molecule has 0 saturated heterocycles. The van der Waals surface area contributed by atoms with Gasteiger partial charge in [0.05, 0.1) is 6.61 Å². The SMILES string of the molecule is CCNCc1cc(C)ccc1OCCCCOC. The first-order valence-electron chi connectivity index (χ1n) is 6.70. The van der Waals surface area contributed by atoms with E-state index in [0.717, 1.165) is 44.9 Å². The predicted molar refractivity (Wildman–Crippen MR) is 75.2 cm³/mol. The molecule has 18 heavy (non-hydrogen) atoms. The molecular formula is C15H25NO2. The van der Waals surface area contributed by atoms with Gasteiger partial charge in [-0.25, -0.2) is 0 Å². The van der Waals surface area contributed by atoms with E-state index in [9.17, 15) is 0 Å². The van der Waals surface area contributed by atoms with E-state index < -0.39 is 0 Å². The Morgan fingerprint density at radius 1 is 1.17 bits per heavy atom. The van der Waals surface area contributed by atoms with Crippen molar-refractivity contribution in [2.24, 2.45) is 0 Å². The molecular weight excluding hydrogens is 226 g/mol. The predicted octanol–water partition coefficient (Wildman–Crippen LogP) is 2.91. The van der Waals surface area contributed by atoms with Gasteiger partial charge >= 0.3 is 0 Å². The van der Waals surface area contributed by atoms with Crippen molar-refractivity contribution in [1.82, 2.24) is 5.32 Å². The monoisotopic (exact) mass is 251 g/mol. The Labute approximate surface area is 110 Å². The summed E-state index contributed by atoms with van der Waals surface area (Å²) in [4.78, 5) is 0. The average molecular weight is 251 g/mol. The van der Waals surface area contributed by atoms with Crippen LogP contribution in [0.1, 0.15) is 30.9 Å². The van der Waals surface area contributed by atoms with E-state index in [1.807, 2.05) is 0 Å². The van der Waals surface area contributed by atoms with Gasteiger partial charge in [-0.2, -0.15) is 0 Å². The fourth-order valence-corrected chi connectivity index (χ4v) is 1.78. The second kappa shape index (κ2) is 8.95. The molecule has 0 aliphatic heterocycles. The highest BCUT2D eigenvalue weighted by Gasteiger charge is 2.03. The lowest BCUT2D eigenvalue weighted by atomic mass is 10.1. The molecule has 1 aromatic carbocycles. The molecule has 102 valence electrons. The van der Waals surface area contributed by atoms with Crippen molar-refractivity contribution in [2.75, 3.05) is 26.9 Å². The van der Waals surface area contributed by atoms with Crippen molar-refractivity contribution in [1.29, 1.82) is 0 Å². The van der Waals surface area contributed by atoms with E-state index in [2.05, 4.69) is 37.4 Å². The smallest absolute Gasteiger partial charge is 0.123 e. The van der Waals surface area contributed by atoms with Crippen molar-refractivity contribution in [2.45, 2.75) is 33.2 Å². The molecule has 0 saturated carbocycles. The normalized spacial score (nSPS) is 10.6. The van der Waals surface area contributed by atoms with Crippen LogP contribution < -0.4 is 10.1 Å². The number of unbranched alkanes of at least 4 members (excludes halogenated alkanes) is 1. The van der Waals surface area contributed by atoms with Gasteiger partial charge in [-0.1, -0.05) is 24.6 Å². The van der Waals surface area contributed by atoms with Gasteiger partial charge in [0.1, 0.15) is 5.75 Å². The molecule has 0 unspecified atom stereocenters. The fourth-order valence-electron chi connectivity index (χ4n) is 1.78. The minimum Gasteiger partial charge on any atom is -0.493 e. The lowest BCUT2D eigenvalue weighted by Crippen LogP contribution is -2.13. The van der Waals surface area contributed by atoms with E-state index in [0.29, 0.717) is 0 Å². The summed E-state index contributed by atoms with van der Waals surface area (Å²) in [7, 11) is 1.73. The van der Waals surface area contributed by atoms with Gasteiger partial charge in [-0.05, 0) is 32.4 Å². The first-order valence-corrected chi connectivity index (χ1v) is 6.70. The minimum atomic E-state index is 0.756. The number of benzene rings is 1. The Bertz CT molecular complexity index is 339. The minimum absolute atomic E-state index is 0.756. The van der Waals surface area contributed by atoms with Gasteiger partial charge in [0.15, 0.2) is 0 Å². The third-order valence-corrected chi connectivity index (χ3v) is 2.78. The van der Waals surface area contributed by atoms with Gasteiger partial charge in [-0.15, -0.1) is 0 Å². The molecule has 1 aromatic rings. The van der Waals surface area contributed by atoms with Crippen molar-refractivity contribution in [3.63, 3.8) is 0 Å². The van der Waals surface area contributed by atoms with Gasteiger partial charge in [0, 0.05) is 25.8 Å². The number of hydrogen-bond acceptors (Lipinski definition) is 3. The summed E-state index contributed by atoms with van der Waals surface area (Å²) in [6.07, 6.45) is 2.08. The maximum Gasteiger partial charge on any atom is 0.123 e. The highest BCUT2D eigenvalue weighted by atomic mass is 16.5. The van der Waals surface area contributed by atoms with Crippen LogP contribution >= 0.6 is 0 Å². The molecule has 1 N–H and O–H groups in total. The highest BCUT2D eigenvalue weighted by molar-refractivity contribution is 5.36. The molecule has 0 aliphatic rings. The zero-order valence-electron chi connectivity index (χ0n) is 11.8. The molecule has 0 bridgehead atoms. The number of hydrogen-bond donors (Lipinski definition) is 1. The summed E-state index contributed by atoms with van der Waals surface area (Å²) in [5.41, 5.74) is 2.51. The number of ether oxygens (including phenoxy) is 2. The standard InChI is InChI=1S/C15H25NO2/c1-4-16-12-14-11-13(2)7-8-15(14)18-10-6-5-9-17-3/h7-8,11,16H,4-6,9-10,12H2,1-3H3. The van der Waals surface area contributed by atoms with Gasteiger partial charge in [-0.3, -0.25) is 0 Å². The zero-order chi connectivity index (χ0) is 13.2. The van der Waals surface area contributed by atoms with E-state index in [1.165, 1.54) is 11.1 Å². The average Bonchev–Trinajstić information content (AvgIpc) is 2.38. The van der Waals surface area contributed by atoms with Crippen molar-refractivity contribution in [3.8, 4) is 5.75 Å². The maximum absolute atomic E-state index is 5.84. The molecule has 0 aromatic heterocycles. The molecule has 0 radical (unpaired) electrons. The lowest BCUT2D eigenvalue weighted by Gasteiger charge is -2.12. The fraction of sp³-hybridized carbons (Fsp3) is 0.600. The molecule has 0 amide bonds. The van der Waals surface area contributed by atoms with Crippen LogP contribution in [0.5, 0.6) is 5.75 Å². The van der Waals surface area contributed by atoms with Crippen LogP contribution in [0, 0.1) is 6.92 Å². The van der Waals surface area contributed by atoms with E-state index >= 15 is 0 Å². The summed E-state index contributed by atoms with van der Waals surface area (Å²) in [5, 5.41) is 3.34. The van der Waals surface area contributed by atoms with Crippen molar-refractivity contribution >= 4 is 0 Å². The van der Waals surface area contributed by atoms with E-state index in [1.54, 1.807) is 7.11 Å². The summed E-state index contributed by atoms with van der Waals surface area (Å²) >= 11 is 0. The van der Waals surface area contributed by atoms with Crippen LogP contribution in [0.4, 0.5) is 0 Å². The Morgan fingerprint density at radius 3 is 2.67 bits per heavy atom. The van der Waals surface area contributed by atoms with Crippen LogP contribution in [-0.4, -0.2) is 26.9 Å². The van der Waals surface area contributed by atoms with Crippen molar-refractivity contribution in [3.05, 3.63) is 29.3 Å². The zero-order valence-corrected chi connectivity index (χ0v) is 11.8. The molecule has 0 heterocycles. The van der Waals surface area contributed by atoms with Crippen LogP contribution in [0.2, 0.25) is 0 Å². The summed E-state index contributed by atoms with van der Waals surface area (Å²) < 4.78 is 10.9. The van der Waals surface area contributed by atoms with Gasteiger partial charge < -0.3 is 14.8 Å². The van der Waals surface area contributed by atoms with Gasteiger partial charge in [0.2, 0.25) is 0 Å². The number of methoxy groups -OCH3 is 1. The molecule has 1 rings (SSSR count). The number of aryl methyl sites for hydroxylation is 1. The number of rotatable bonds is 9. The van der Waals surface area contributed by atoms with E-state index in [-0.39, 0.29) is 0 Å². The summed E-state index contributed by atoms with van der Waals surface area (Å²) in [6.45, 7) is 7.62. The first kappa shape index (κ1) is 15.0. The summed E-state index contributed by atoms with van der Waals surface area (Å²) in [5.74, 6) is 0.999. The molecule has 0 fully saturated rings. The Hall–Kier alpha value is -1.06. The molecule has 3 heteroatoms. The number of nitrogens with one attached hydrogen (secondary N) is 1. The van der Waals surface area contributed by atoms with Crippen LogP contribution in [0.3, 0.4) is 0 Å².